The van der Waals surface area contributed by atoms with Gasteiger partial charge in [0.15, 0.2) is 5.82 Å². The molecule has 1 aliphatic heterocycles. The number of fused-ring (bicyclic) bond motifs is 1. The maximum atomic E-state index is 13.3. The zero-order valence-corrected chi connectivity index (χ0v) is 16.3. The molecular weight excluding hydrogens is 398 g/mol. The molecule has 1 saturated heterocycles. The Hall–Kier alpha value is -2.80. The van der Waals surface area contributed by atoms with Crippen LogP contribution in [-0.2, 0) is 0 Å². The van der Waals surface area contributed by atoms with Crippen LogP contribution in [0.2, 0.25) is 5.02 Å². The smallest absolute Gasteiger partial charge is 0.297 e. The lowest BCUT2D eigenvalue weighted by Crippen LogP contribution is -2.35. The van der Waals surface area contributed by atoms with Gasteiger partial charge in [-0.15, -0.1) is 0 Å². The quantitative estimate of drug-likeness (QED) is 0.627. The molecule has 1 fully saturated rings. The lowest BCUT2D eigenvalue weighted by molar-refractivity contribution is 0.0767. The van der Waals surface area contributed by atoms with Crippen molar-refractivity contribution in [3.63, 3.8) is 0 Å². The van der Waals surface area contributed by atoms with E-state index < -0.39 is 12.2 Å². The standard InChI is InChI=1S/C21H19ClF2N4O/c22-15-6-3-5-14(13-15)21(29)28-10-4-9-27(11-12-28)20-16-7-1-2-8-17(16)25-19(26-20)18(23)24/h1-3,5-8,13,18H,4,9-12H2. The second kappa shape index (κ2) is 8.29. The summed E-state index contributed by atoms with van der Waals surface area (Å²) in [5, 5.41) is 1.24. The summed E-state index contributed by atoms with van der Waals surface area (Å²) in [6.07, 6.45) is -2.04. The van der Waals surface area contributed by atoms with Gasteiger partial charge >= 0.3 is 0 Å². The maximum absolute atomic E-state index is 13.3. The number of carbonyl (C=O) groups excluding carboxylic acids is 1. The van der Waals surface area contributed by atoms with E-state index in [1.54, 1.807) is 41.3 Å². The largest absolute Gasteiger partial charge is 0.354 e. The van der Waals surface area contributed by atoms with Gasteiger partial charge < -0.3 is 9.80 Å². The van der Waals surface area contributed by atoms with E-state index in [4.69, 9.17) is 11.6 Å². The highest BCUT2D eigenvalue weighted by atomic mass is 35.5. The molecule has 150 valence electrons. The molecule has 1 amide bonds. The molecule has 0 bridgehead atoms. The van der Waals surface area contributed by atoms with E-state index >= 15 is 0 Å². The first-order valence-corrected chi connectivity index (χ1v) is 9.75. The van der Waals surface area contributed by atoms with Crippen molar-refractivity contribution in [3.05, 3.63) is 64.9 Å². The van der Waals surface area contributed by atoms with Gasteiger partial charge in [0.2, 0.25) is 0 Å². The van der Waals surface area contributed by atoms with E-state index in [0.717, 1.165) is 5.39 Å². The van der Waals surface area contributed by atoms with E-state index in [2.05, 4.69) is 9.97 Å². The van der Waals surface area contributed by atoms with Crippen LogP contribution in [0.4, 0.5) is 14.6 Å². The number of amides is 1. The van der Waals surface area contributed by atoms with Gasteiger partial charge in [-0.1, -0.05) is 29.8 Å². The summed E-state index contributed by atoms with van der Waals surface area (Å²) in [6.45, 7) is 2.15. The third-order valence-corrected chi connectivity index (χ3v) is 5.18. The number of rotatable bonds is 3. The summed E-state index contributed by atoms with van der Waals surface area (Å²) in [6, 6.07) is 14.0. The normalized spacial score (nSPS) is 15.0. The molecule has 4 rings (SSSR count). The number of hydrogen-bond donors (Lipinski definition) is 0. The second-order valence-electron chi connectivity index (χ2n) is 6.87. The Bertz CT molecular complexity index is 1050. The molecule has 1 aliphatic rings. The van der Waals surface area contributed by atoms with E-state index in [9.17, 15) is 13.6 Å². The van der Waals surface area contributed by atoms with Crippen LogP contribution in [0.25, 0.3) is 10.9 Å². The highest BCUT2D eigenvalue weighted by molar-refractivity contribution is 6.30. The van der Waals surface area contributed by atoms with Crippen molar-refractivity contribution in [3.8, 4) is 0 Å². The van der Waals surface area contributed by atoms with E-state index in [0.29, 0.717) is 54.5 Å². The summed E-state index contributed by atoms with van der Waals surface area (Å²) in [5.74, 6) is -0.0760. The van der Waals surface area contributed by atoms with E-state index in [1.165, 1.54) is 0 Å². The molecule has 0 spiro atoms. The molecule has 5 nitrogen and oxygen atoms in total. The predicted molar refractivity (Wildman–Crippen MR) is 109 cm³/mol. The summed E-state index contributed by atoms with van der Waals surface area (Å²) in [4.78, 5) is 24.7. The first kappa shape index (κ1) is 19.5. The van der Waals surface area contributed by atoms with Crippen LogP contribution in [-0.4, -0.2) is 47.0 Å². The molecule has 2 aromatic carbocycles. The highest BCUT2D eigenvalue weighted by Crippen LogP contribution is 2.28. The fraction of sp³-hybridized carbons (Fsp3) is 0.286. The average molecular weight is 417 g/mol. The Morgan fingerprint density at radius 2 is 1.83 bits per heavy atom. The topological polar surface area (TPSA) is 49.3 Å². The lowest BCUT2D eigenvalue weighted by Gasteiger charge is -2.24. The fourth-order valence-corrected chi connectivity index (χ4v) is 3.74. The minimum atomic E-state index is -2.74. The molecule has 29 heavy (non-hydrogen) atoms. The number of anilines is 1. The Balaban J connectivity index is 1.59. The SMILES string of the molecule is O=C(c1cccc(Cl)c1)N1CCCN(c2nc(C(F)F)nc3ccccc23)CC1. The lowest BCUT2D eigenvalue weighted by atomic mass is 10.2. The molecule has 0 aliphatic carbocycles. The molecule has 3 aromatic rings. The zero-order chi connectivity index (χ0) is 20.4. The van der Waals surface area contributed by atoms with Gasteiger partial charge in [-0.05, 0) is 36.8 Å². The van der Waals surface area contributed by atoms with Gasteiger partial charge in [-0.3, -0.25) is 4.79 Å². The van der Waals surface area contributed by atoms with Crippen LogP contribution in [0.3, 0.4) is 0 Å². The number of halogens is 3. The number of benzene rings is 2. The summed E-state index contributed by atoms with van der Waals surface area (Å²) in [5.41, 5.74) is 1.03. The van der Waals surface area contributed by atoms with Crippen molar-refractivity contribution in [1.82, 2.24) is 14.9 Å². The van der Waals surface area contributed by atoms with Gasteiger partial charge in [-0.2, -0.15) is 0 Å². The third kappa shape index (κ3) is 4.15. The number of para-hydroxylation sites is 1. The summed E-state index contributed by atoms with van der Waals surface area (Å²) in [7, 11) is 0. The van der Waals surface area contributed by atoms with Gasteiger partial charge in [0.1, 0.15) is 5.82 Å². The van der Waals surface area contributed by atoms with Gasteiger partial charge in [0.25, 0.3) is 12.3 Å². The number of aromatic nitrogens is 2. The molecule has 0 saturated carbocycles. The molecule has 0 radical (unpaired) electrons. The molecular formula is C21H19ClF2N4O. The van der Waals surface area contributed by atoms with Gasteiger partial charge in [-0.25, -0.2) is 18.7 Å². The Morgan fingerprint density at radius 3 is 2.62 bits per heavy atom. The van der Waals surface area contributed by atoms with Crippen molar-refractivity contribution in [2.45, 2.75) is 12.8 Å². The van der Waals surface area contributed by atoms with Crippen molar-refractivity contribution in [1.29, 1.82) is 0 Å². The zero-order valence-electron chi connectivity index (χ0n) is 15.6. The molecule has 2 heterocycles. The first-order valence-electron chi connectivity index (χ1n) is 9.37. The monoisotopic (exact) mass is 416 g/mol. The number of hydrogen-bond acceptors (Lipinski definition) is 4. The second-order valence-corrected chi connectivity index (χ2v) is 7.30. The number of carbonyl (C=O) groups is 1. The average Bonchev–Trinajstić information content (AvgIpc) is 2.98. The predicted octanol–water partition coefficient (Wildman–Crippen LogP) is 4.57. The Labute approximate surface area is 171 Å². The van der Waals surface area contributed by atoms with Crippen molar-refractivity contribution in [2.24, 2.45) is 0 Å². The molecule has 0 N–H and O–H groups in total. The molecule has 0 atom stereocenters. The van der Waals surface area contributed by atoms with Crippen molar-refractivity contribution < 1.29 is 13.6 Å². The van der Waals surface area contributed by atoms with E-state index in [-0.39, 0.29) is 5.91 Å². The highest BCUT2D eigenvalue weighted by Gasteiger charge is 2.24. The van der Waals surface area contributed by atoms with Crippen LogP contribution in [0.1, 0.15) is 29.0 Å². The van der Waals surface area contributed by atoms with Gasteiger partial charge in [0, 0.05) is 42.2 Å². The number of nitrogens with zero attached hydrogens (tertiary/aromatic N) is 4. The number of alkyl halides is 2. The maximum Gasteiger partial charge on any atom is 0.297 e. The minimum absolute atomic E-state index is 0.0878. The summed E-state index contributed by atoms with van der Waals surface area (Å²) < 4.78 is 26.6. The van der Waals surface area contributed by atoms with Crippen LogP contribution in [0, 0.1) is 0 Å². The molecule has 1 aromatic heterocycles. The van der Waals surface area contributed by atoms with Crippen LogP contribution >= 0.6 is 11.6 Å². The first-order chi connectivity index (χ1) is 14.0. The fourth-order valence-electron chi connectivity index (χ4n) is 3.55. The summed E-state index contributed by atoms with van der Waals surface area (Å²) >= 11 is 6.00. The van der Waals surface area contributed by atoms with Crippen molar-refractivity contribution >= 4 is 34.2 Å². The Morgan fingerprint density at radius 1 is 1.00 bits per heavy atom. The van der Waals surface area contributed by atoms with Crippen LogP contribution in [0.5, 0.6) is 0 Å². The van der Waals surface area contributed by atoms with Crippen LogP contribution < -0.4 is 4.90 Å². The molecule has 0 unspecified atom stereocenters. The third-order valence-electron chi connectivity index (χ3n) is 4.95. The van der Waals surface area contributed by atoms with E-state index in [1.807, 2.05) is 17.0 Å². The van der Waals surface area contributed by atoms with Crippen LogP contribution in [0.15, 0.2) is 48.5 Å². The molecule has 8 heteroatoms. The van der Waals surface area contributed by atoms with Gasteiger partial charge in [0.05, 0.1) is 5.52 Å². The van der Waals surface area contributed by atoms with Crippen molar-refractivity contribution in [2.75, 3.05) is 31.1 Å². The minimum Gasteiger partial charge on any atom is -0.354 e. The Kier molecular flexibility index (Phi) is 5.58.